The van der Waals surface area contributed by atoms with Gasteiger partial charge < -0.3 is 15.5 Å². The minimum absolute atomic E-state index is 0.155. The Kier molecular flexibility index (Phi) is 4.41. The molecule has 0 aliphatic rings. The van der Waals surface area contributed by atoms with Crippen molar-refractivity contribution in [3.63, 3.8) is 0 Å². The van der Waals surface area contributed by atoms with Gasteiger partial charge in [-0.05, 0) is 29.8 Å². The Morgan fingerprint density at radius 2 is 1.69 bits per heavy atom. The van der Waals surface area contributed by atoms with E-state index in [0.29, 0.717) is 22.3 Å². The smallest absolute Gasteiger partial charge is 0.339 e. The molecule has 0 saturated carbocycles. The standard InChI is InChI=1S/C20H16N2O4/c1-11(13-3-7-15(8-4-13)21-12(2)23)17-10-6-14-5-9-16(20(25)26)19(24)18(14)22-17/h3-10,24H,1H2,2H3,(H,21,23)(H,25,26). The van der Waals surface area contributed by atoms with Gasteiger partial charge in [-0.2, -0.15) is 0 Å². The van der Waals surface area contributed by atoms with Crippen molar-refractivity contribution in [2.75, 3.05) is 5.32 Å². The second kappa shape index (κ2) is 6.68. The summed E-state index contributed by atoms with van der Waals surface area (Å²) in [5.41, 5.74) is 2.60. The number of fused-ring (bicyclic) bond motifs is 1. The van der Waals surface area contributed by atoms with Crippen molar-refractivity contribution in [1.82, 2.24) is 4.98 Å². The number of aromatic carboxylic acids is 1. The van der Waals surface area contributed by atoms with Gasteiger partial charge in [0, 0.05) is 23.6 Å². The van der Waals surface area contributed by atoms with Gasteiger partial charge in [-0.1, -0.05) is 30.8 Å². The van der Waals surface area contributed by atoms with Gasteiger partial charge in [-0.15, -0.1) is 0 Å². The summed E-state index contributed by atoms with van der Waals surface area (Å²) in [4.78, 5) is 26.6. The number of carbonyl (C=O) groups excluding carboxylic acids is 1. The van der Waals surface area contributed by atoms with E-state index < -0.39 is 5.97 Å². The lowest BCUT2D eigenvalue weighted by Crippen LogP contribution is -2.05. The number of carbonyl (C=O) groups is 2. The number of aromatic hydroxyl groups is 1. The molecular formula is C20H16N2O4. The number of nitrogens with zero attached hydrogens (tertiary/aromatic N) is 1. The van der Waals surface area contributed by atoms with E-state index in [1.807, 2.05) is 0 Å². The van der Waals surface area contributed by atoms with Crippen LogP contribution in [-0.4, -0.2) is 27.1 Å². The molecule has 130 valence electrons. The lowest BCUT2D eigenvalue weighted by atomic mass is 10.0. The molecule has 2 aromatic carbocycles. The maximum atomic E-state index is 11.2. The van der Waals surface area contributed by atoms with Crippen LogP contribution in [0.15, 0.2) is 55.1 Å². The highest BCUT2D eigenvalue weighted by Gasteiger charge is 2.15. The number of carboxylic acid groups (broad SMARTS) is 1. The molecule has 0 aliphatic heterocycles. The SMILES string of the molecule is C=C(c1ccc(NC(C)=O)cc1)c1ccc2ccc(C(=O)O)c(O)c2n1. The highest BCUT2D eigenvalue weighted by molar-refractivity contribution is 5.99. The normalized spacial score (nSPS) is 10.5. The zero-order chi connectivity index (χ0) is 18.8. The number of aromatic nitrogens is 1. The fourth-order valence-electron chi connectivity index (χ4n) is 2.62. The second-order valence-corrected chi connectivity index (χ2v) is 5.77. The van der Waals surface area contributed by atoms with E-state index in [1.165, 1.54) is 13.0 Å². The van der Waals surface area contributed by atoms with Crippen LogP contribution in [0.25, 0.3) is 16.5 Å². The fraction of sp³-hybridized carbons (Fsp3) is 0.0500. The van der Waals surface area contributed by atoms with Crippen molar-refractivity contribution in [2.45, 2.75) is 6.92 Å². The van der Waals surface area contributed by atoms with Crippen LogP contribution in [0, 0.1) is 0 Å². The number of pyridine rings is 1. The Bertz CT molecular complexity index is 1040. The van der Waals surface area contributed by atoms with E-state index in [-0.39, 0.29) is 22.7 Å². The molecule has 3 N–H and O–H groups in total. The van der Waals surface area contributed by atoms with E-state index in [1.54, 1.807) is 42.5 Å². The zero-order valence-corrected chi connectivity index (χ0v) is 14.0. The fourth-order valence-corrected chi connectivity index (χ4v) is 2.62. The predicted molar refractivity (Wildman–Crippen MR) is 99.2 cm³/mol. The van der Waals surface area contributed by atoms with Crippen molar-refractivity contribution in [2.24, 2.45) is 0 Å². The molecule has 1 heterocycles. The Morgan fingerprint density at radius 3 is 2.31 bits per heavy atom. The molecule has 0 atom stereocenters. The summed E-state index contributed by atoms with van der Waals surface area (Å²) in [5.74, 6) is -1.74. The Balaban J connectivity index is 1.99. The number of phenols is 1. The maximum Gasteiger partial charge on any atom is 0.339 e. The summed E-state index contributed by atoms with van der Waals surface area (Å²) in [6, 6.07) is 13.6. The third-order valence-electron chi connectivity index (χ3n) is 3.93. The van der Waals surface area contributed by atoms with Gasteiger partial charge in [0.1, 0.15) is 11.1 Å². The number of benzene rings is 2. The van der Waals surface area contributed by atoms with E-state index in [2.05, 4.69) is 16.9 Å². The van der Waals surface area contributed by atoms with Crippen LogP contribution < -0.4 is 5.32 Å². The minimum atomic E-state index is -1.22. The van der Waals surface area contributed by atoms with Gasteiger partial charge in [0.25, 0.3) is 0 Å². The van der Waals surface area contributed by atoms with Gasteiger partial charge in [0.2, 0.25) is 5.91 Å². The average Bonchev–Trinajstić information content (AvgIpc) is 2.61. The average molecular weight is 348 g/mol. The highest BCUT2D eigenvalue weighted by atomic mass is 16.4. The zero-order valence-electron chi connectivity index (χ0n) is 14.0. The van der Waals surface area contributed by atoms with Crippen molar-refractivity contribution >= 4 is 34.0 Å². The molecule has 6 nitrogen and oxygen atoms in total. The number of hydrogen-bond acceptors (Lipinski definition) is 4. The number of hydrogen-bond donors (Lipinski definition) is 3. The van der Waals surface area contributed by atoms with Gasteiger partial charge in [-0.3, -0.25) is 4.79 Å². The number of anilines is 1. The molecule has 0 radical (unpaired) electrons. The van der Waals surface area contributed by atoms with Crippen molar-refractivity contribution in [3.05, 3.63) is 71.9 Å². The minimum Gasteiger partial charge on any atom is -0.505 e. The lowest BCUT2D eigenvalue weighted by Gasteiger charge is -2.10. The summed E-state index contributed by atoms with van der Waals surface area (Å²) in [6.45, 7) is 5.47. The molecule has 0 bridgehead atoms. The van der Waals surface area contributed by atoms with Crippen molar-refractivity contribution in [1.29, 1.82) is 0 Å². The number of rotatable bonds is 4. The molecule has 0 aliphatic carbocycles. The van der Waals surface area contributed by atoms with E-state index in [9.17, 15) is 14.7 Å². The molecule has 0 fully saturated rings. The first-order valence-corrected chi connectivity index (χ1v) is 7.80. The quantitative estimate of drug-likeness (QED) is 0.668. The molecule has 0 unspecified atom stereocenters. The Hall–Kier alpha value is -3.67. The van der Waals surface area contributed by atoms with Crippen LogP contribution in [0.1, 0.15) is 28.5 Å². The largest absolute Gasteiger partial charge is 0.505 e. The van der Waals surface area contributed by atoms with Crippen molar-refractivity contribution < 1.29 is 19.8 Å². The first kappa shape index (κ1) is 17.2. The van der Waals surface area contributed by atoms with Crippen LogP contribution in [-0.2, 0) is 4.79 Å². The van der Waals surface area contributed by atoms with Crippen LogP contribution in [0.3, 0.4) is 0 Å². The summed E-state index contributed by atoms with van der Waals surface area (Å²) >= 11 is 0. The van der Waals surface area contributed by atoms with Gasteiger partial charge >= 0.3 is 5.97 Å². The Morgan fingerprint density at radius 1 is 1.04 bits per heavy atom. The Labute approximate surface area is 149 Å². The van der Waals surface area contributed by atoms with Gasteiger partial charge in [0.15, 0.2) is 5.75 Å². The van der Waals surface area contributed by atoms with E-state index >= 15 is 0 Å². The molecule has 26 heavy (non-hydrogen) atoms. The third-order valence-corrected chi connectivity index (χ3v) is 3.93. The van der Waals surface area contributed by atoms with Crippen molar-refractivity contribution in [3.8, 4) is 5.75 Å². The highest BCUT2D eigenvalue weighted by Crippen LogP contribution is 2.30. The first-order valence-electron chi connectivity index (χ1n) is 7.80. The first-order chi connectivity index (χ1) is 12.4. The number of nitrogens with one attached hydrogen (secondary N) is 1. The molecule has 0 saturated heterocycles. The molecule has 3 rings (SSSR count). The monoisotopic (exact) mass is 348 g/mol. The van der Waals surface area contributed by atoms with Crippen LogP contribution in [0.2, 0.25) is 0 Å². The lowest BCUT2D eigenvalue weighted by molar-refractivity contribution is -0.114. The van der Waals surface area contributed by atoms with Crippen LogP contribution in [0.4, 0.5) is 5.69 Å². The van der Waals surface area contributed by atoms with Gasteiger partial charge in [-0.25, -0.2) is 9.78 Å². The van der Waals surface area contributed by atoms with E-state index in [4.69, 9.17) is 5.11 Å². The predicted octanol–water partition coefficient (Wildman–Crippen LogP) is 3.66. The van der Waals surface area contributed by atoms with E-state index in [0.717, 1.165) is 5.56 Å². The molecule has 1 aromatic heterocycles. The second-order valence-electron chi connectivity index (χ2n) is 5.77. The van der Waals surface area contributed by atoms with Crippen LogP contribution >= 0.6 is 0 Å². The summed E-state index contributed by atoms with van der Waals surface area (Å²) < 4.78 is 0. The third kappa shape index (κ3) is 3.25. The summed E-state index contributed by atoms with van der Waals surface area (Å²) in [5, 5.41) is 22.7. The summed E-state index contributed by atoms with van der Waals surface area (Å²) in [7, 11) is 0. The molecule has 3 aromatic rings. The molecular weight excluding hydrogens is 332 g/mol. The summed E-state index contributed by atoms with van der Waals surface area (Å²) in [6.07, 6.45) is 0. The topological polar surface area (TPSA) is 99.5 Å². The molecule has 0 spiro atoms. The number of amides is 1. The van der Waals surface area contributed by atoms with Gasteiger partial charge in [0.05, 0.1) is 5.69 Å². The molecule has 1 amide bonds. The maximum absolute atomic E-state index is 11.2. The van der Waals surface area contributed by atoms with Crippen LogP contribution in [0.5, 0.6) is 5.75 Å². The number of carboxylic acids is 1. The molecule has 6 heteroatoms.